The first-order valence-electron chi connectivity index (χ1n) is 16.6. The van der Waals surface area contributed by atoms with Gasteiger partial charge >= 0.3 is 30.3 Å². The number of carboxylic acid groups (broad SMARTS) is 2. The highest BCUT2D eigenvalue weighted by atomic mass is 35.5. The first-order chi connectivity index (χ1) is 26.4. The van der Waals surface area contributed by atoms with E-state index >= 15 is 0 Å². The Balaban J connectivity index is 0.000000425. The molecule has 0 spiro atoms. The van der Waals surface area contributed by atoms with Gasteiger partial charge in [0, 0.05) is 30.7 Å². The molecule has 1 fully saturated rings. The van der Waals surface area contributed by atoms with Crippen LogP contribution in [-0.2, 0) is 22.4 Å². The maximum Gasteiger partial charge on any atom is 0.490 e. The molecule has 2 aliphatic heterocycles. The third-order valence-corrected chi connectivity index (χ3v) is 8.34. The highest BCUT2D eigenvalue weighted by Gasteiger charge is 2.39. The Kier molecular flexibility index (Phi) is 14.6. The molecule has 0 radical (unpaired) electrons. The van der Waals surface area contributed by atoms with Crippen LogP contribution in [-0.4, -0.2) is 80.1 Å². The number of ether oxygens (including phenoxy) is 1. The van der Waals surface area contributed by atoms with Crippen molar-refractivity contribution in [1.29, 1.82) is 0 Å². The number of rotatable bonds is 5. The number of carbonyl (C=O) groups is 3. The summed E-state index contributed by atoms with van der Waals surface area (Å²) in [6.07, 6.45) is -0.696. The summed E-state index contributed by atoms with van der Waals surface area (Å²) >= 11 is 6.38. The monoisotopic (exact) mass is 815 g/mol. The fraction of sp³-hybridized carbons (Fsp3) is 0.314. The predicted octanol–water partition coefficient (Wildman–Crippen LogP) is 8.23. The SMILES string of the molecule is O=C(Nc1ccc(F)cc1)N1CCC(CCOc2ccc3cc2CCc2cncc(c2)Nc2ncc(Cl)c(n2)N3)CC1.O=C(O)C(F)(F)F.O=C(O)C(F)(F)F. The van der Waals surface area contributed by atoms with Crippen molar-refractivity contribution >= 4 is 58.4 Å². The van der Waals surface area contributed by atoms with Crippen LogP contribution in [0, 0.1) is 11.7 Å². The number of carbonyl (C=O) groups excluding carboxylic acids is 1. The summed E-state index contributed by atoms with van der Waals surface area (Å²) in [4.78, 5) is 45.4. The number of aryl methyl sites for hydroxylation is 2. The third-order valence-electron chi connectivity index (χ3n) is 8.07. The van der Waals surface area contributed by atoms with Crippen molar-refractivity contribution in [3.63, 3.8) is 0 Å². The zero-order valence-electron chi connectivity index (χ0n) is 28.9. The summed E-state index contributed by atoms with van der Waals surface area (Å²) in [6.45, 7) is 1.95. The molecule has 2 aromatic carbocycles. The number of halogens is 8. The number of pyridine rings is 1. The lowest BCUT2D eigenvalue weighted by molar-refractivity contribution is -0.193. The maximum absolute atomic E-state index is 13.1. The minimum absolute atomic E-state index is 0.152. The number of hydrogen-bond acceptors (Lipinski definition) is 9. The van der Waals surface area contributed by atoms with E-state index in [9.17, 15) is 35.5 Å². The van der Waals surface area contributed by atoms with Gasteiger partial charge in [0.05, 0.1) is 24.7 Å². The molecule has 2 amide bonds. The second kappa shape index (κ2) is 19.1. The summed E-state index contributed by atoms with van der Waals surface area (Å²) in [5.74, 6) is -3.58. The van der Waals surface area contributed by atoms with E-state index in [1.807, 2.05) is 29.3 Å². The molecule has 6 rings (SSSR count). The predicted molar refractivity (Wildman–Crippen MR) is 189 cm³/mol. The van der Waals surface area contributed by atoms with E-state index in [0.717, 1.165) is 60.4 Å². The second-order valence-corrected chi connectivity index (χ2v) is 12.6. The quantitative estimate of drug-likeness (QED) is 0.123. The first-order valence-corrected chi connectivity index (χ1v) is 16.9. The molecule has 0 unspecified atom stereocenters. The third kappa shape index (κ3) is 13.4. The van der Waals surface area contributed by atoms with Gasteiger partial charge in [-0.3, -0.25) is 4.98 Å². The van der Waals surface area contributed by atoms with E-state index in [4.69, 9.17) is 36.1 Å². The molecule has 56 heavy (non-hydrogen) atoms. The summed E-state index contributed by atoms with van der Waals surface area (Å²) in [7, 11) is 0. The Morgan fingerprint density at radius 1 is 0.875 bits per heavy atom. The Morgan fingerprint density at radius 2 is 1.52 bits per heavy atom. The van der Waals surface area contributed by atoms with Crippen molar-refractivity contribution in [3.8, 4) is 5.75 Å². The van der Waals surface area contributed by atoms with Crippen LogP contribution in [0.3, 0.4) is 0 Å². The number of nitrogens with one attached hydrogen (secondary N) is 3. The molecular weight excluding hydrogens is 783 g/mol. The van der Waals surface area contributed by atoms with Crippen LogP contribution >= 0.6 is 11.6 Å². The Bertz CT molecular complexity index is 1960. The number of fused-ring (bicyclic) bond motifs is 6. The lowest BCUT2D eigenvalue weighted by Gasteiger charge is -2.32. The molecule has 0 aliphatic carbocycles. The van der Waals surface area contributed by atoms with Gasteiger partial charge in [0.2, 0.25) is 5.95 Å². The largest absolute Gasteiger partial charge is 0.493 e. The molecule has 13 nitrogen and oxygen atoms in total. The molecule has 0 saturated carbocycles. The summed E-state index contributed by atoms with van der Waals surface area (Å²) < 4.78 is 82.9. The van der Waals surface area contributed by atoms with Gasteiger partial charge in [0.1, 0.15) is 16.6 Å². The van der Waals surface area contributed by atoms with Gasteiger partial charge in [-0.1, -0.05) is 11.6 Å². The van der Waals surface area contributed by atoms with Crippen LogP contribution in [0.5, 0.6) is 5.75 Å². The topological polar surface area (TPSA) is 179 Å². The average molecular weight is 816 g/mol. The number of hydrogen-bond donors (Lipinski definition) is 5. The summed E-state index contributed by atoms with van der Waals surface area (Å²) in [5.41, 5.74) is 4.43. The molecule has 4 heterocycles. The average Bonchev–Trinajstić information content (AvgIpc) is 3.14. The van der Waals surface area contributed by atoms with Gasteiger partial charge in [-0.25, -0.2) is 23.8 Å². The number of anilines is 5. The van der Waals surface area contributed by atoms with Crippen molar-refractivity contribution in [1.82, 2.24) is 19.9 Å². The van der Waals surface area contributed by atoms with Crippen LogP contribution in [0.2, 0.25) is 5.02 Å². The minimum Gasteiger partial charge on any atom is -0.493 e. The second-order valence-electron chi connectivity index (χ2n) is 12.2. The number of urea groups is 1. The van der Waals surface area contributed by atoms with Crippen LogP contribution < -0.4 is 20.7 Å². The fourth-order valence-electron chi connectivity index (χ4n) is 5.24. The van der Waals surface area contributed by atoms with Gasteiger partial charge in [-0.15, -0.1) is 0 Å². The Labute approximate surface area is 318 Å². The zero-order chi connectivity index (χ0) is 41.0. The van der Waals surface area contributed by atoms with E-state index in [1.54, 1.807) is 24.5 Å². The molecule has 5 N–H and O–H groups in total. The van der Waals surface area contributed by atoms with Gasteiger partial charge in [0.25, 0.3) is 0 Å². The summed E-state index contributed by atoms with van der Waals surface area (Å²) in [5, 5.41) is 24.0. The van der Waals surface area contributed by atoms with Crippen LogP contribution in [0.1, 0.15) is 30.4 Å². The van der Waals surface area contributed by atoms with Gasteiger partial charge in [0.15, 0.2) is 5.82 Å². The molecule has 4 aromatic rings. The van der Waals surface area contributed by atoms with Crippen LogP contribution in [0.25, 0.3) is 0 Å². The number of carboxylic acids is 2. The number of alkyl halides is 6. The van der Waals surface area contributed by atoms with E-state index in [1.165, 1.54) is 12.1 Å². The number of piperidine rings is 1. The normalized spacial score (nSPS) is 14.0. The van der Waals surface area contributed by atoms with Crippen molar-refractivity contribution in [3.05, 3.63) is 89.1 Å². The maximum atomic E-state index is 13.1. The lowest BCUT2D eigenvalue weighted by atomic mass is 9.94. The number of nitrogens with zero attached hydrogens (tertiary/aromatic N) is 4. The zero-order valence-corrected chi connectivity index (χ0v) is 29.7. The Morgan fingerprint density at radius 3 is 2.14 bits per heavy atom. The molecule has 1 saturated heterocycles. The van der Waals surface area contributed by atoms with Crippen molar-refractivity contribution in [2.45, 2.75) is 44.5 Å². The highest BCUT2D eigenvalue weighted by Crippen LogP contribution is 2.31. The van der Waals surface area contributed by atoms with E-state index < -0.39 is 24.3 Å². The molecule has 300 valence electrons. The minimum atomic E-state index is -5.08. The number of aliphatic carboxylic acids is 2. The van der Waals surface area contributed by atoms with Crippen molar-refractivity contribution in [2.75, 3.05) is 35.6 Å². The number of benzene rings is 2. The lowest BCUT2D eigenvalue weighted by Crippen LogP contribution is -2.41. The highest BCUT2D eigenvalue weighted by molar-refractivity contribution is 6.32. The standard InChI is InChI=1S/C31H31ClFN7O2.2C2HF3O2/c32-27-19-35-30-37-26-15-21(17-34-18-26)1-2-22-16-25(36-29(27)39-30)7-8-28(22)42-14-11-20-9-12-40(13-10-20)31(41)38-24-5-3-23(33)4-6-24;2*3-2(4,5)1(6)7/h3-8,15-20H,1-2,9-14H2,(H,38,41)(H2,35,36,37,39);2*(H,6,7). The van der Waals surface area contributed by atoms with Crippen molar-refractivity contribution in [2.24, 2.45) is 5.92 Å². The molecule has 0 atom stereocenters. The molecule has 2 aromatic heterocycles. The van der Waals surface area contributed by atoms with Crippen LogP contribution in [0.4, 0.5) is 64.4 Å². The summed E-state index contributed by atoms with van der Waals surface area (Å²) in [6, 6.07) is 13.7. The van der Waals surface area contributed by atoms with E-state index in [-0.39, 0.29) is 11.8 Å². The molecular formula is C35H33ClF7N7O6. The van der Waals surface area contributed by atoms with Crippen molar-refractivity contribution < 1.29 is 60.1 Å². The van der Waals surface area contributed by atoms with Gasteiger partial charge in [-0.05, 0) is 97.7 Å². The molecule has 21 heteroatoms. The Hall–Kier alpha value is -5.92. The molecule has 6 bridgehead atoms. The molecule has 2 aliphatic rings. The van der Waals surface area contributed by atoms with E-state index in [0.29, 0.717) is 48.1 Å². The number of aromatic nitrogens is 3. The fourth-order valence-corrected chi connectivity index (χ4v) is 5.38. The number of likely N-dealkylation sites (tertiary alicyclic amines) is 1. The van der Waals surface area contributed by atoms with Gasteiger partial charge in [-0.2, -0.15) is 31.3 Å². The van der Waals surface area contributed by atoms with Gasteiger partial charge < -0.3 is 35.8 Å². The smallest absolute Gasteiger partial charge is 0.490 e. The van der Waals surface area contributed by atoms with E-state index in [2.05, 4.69) is 37.0 Å². The number of amides is 2. The first kappa shape index (κ1) is 42.8. The van der Waals surface area contributed by atoms with Crippen LogP contribution in [0.15, 0.2) is 67.1 Å².